The van der Waals surface area contributed by atoms with Crippen LogP contribution >= 0.6 is 27.3 Å². The highest BCUT2D eigenvalue weighted by Gasteiger charge is 2.34. The Morgan fingerprint density at radius 2 is 2.14 bits per heavy atom. The van der Waals surface area contributed by atoms with Crippen LogP contribution in [0.25, 0.3) is 10.6 Å². The molecule has 1 aromatic heterocycles. The Hall–Kier alpha value is -0.710. The molecule has 2 nitrogen and oxygen atoms in total. The molecule has 2 aromatic rings. The summed E-state index contributed by atoms with van der Waals surface area (Å²) in [6.07, 6.45) is 2.25. The number of hydrogen-bond donors (Lipinski definition) is 1. The van der Waals surface area contributed by atoms with E-state index in [-0.39, 0.29) is 0 Å². The van der Waals surface area contributed by atoms with Gasteiger partial charge in [-0.2, -0.15) is 0 Å². The molecule has 1 aliphatic carbocycles. The maximum absolute atomic E-state index is 4.95. The molecule has 0 aliphatic heterocycles. The summed E-state index contributed by atoms with van der Waals surface area (Å²) in [5.74, 6) is 0. The van der Waals surface area contributed by atoms with Gasteiger partial charge in [-0.05, 0) is 49.9 Å². The van der Waals surface area contributed by atoms with Crippen LogP contribution in [0.5, 0.6) is 0 Å². The standard InChI is InChI=1S/C17H21BrN2S/c1-10-7-11(5-6-12(10)18)16-20-14-9-17(2,3)8-13(19-4)15(14)21-16/h5-7,13,19H,8-9H2,1-4H3. The minimum Gasteiger partial charge on any atom is -0.312 e. The maximum atomic E-state index is 4.95. The zero-order chi connectivity index (χ0) is 15.2. The number of nitrogens with one attached hydrogen (secondary N) is 1. The second kappa shape index (κ2) is 5.49. The molecule has 1 heterocycles. The van der Waals surface area contributed by atoms with Crippen LogP contribution in [0, 0.1) is 12.3 Å². The van der Waals surface area contributed by atoms with Crippen molar-refractivity contribution in [2.24, 2.45) is 5.41 Å². The molecule has 21 heavy (non-hydrogen) atoms. The minimum absolute atomic E-state index is 0.321. The summed E-state index contributed by atoms with van der Waals surface area (Å²) >= 11 is 5.42. The van der Waals surface area contributed by atoms with Crippen LogP contribution in [0.3, 0.4) is 0 Å². The topological polar surface area (TPSA) is 24.9 Å². The number of nitrogens with zero attached hydrogens (tertiary/aromatic N) is 1. The third-order valence-electron chi connectivity index (χ3n) is 4.20. The number of hydrogen-bond acceptors (Lipinski definition) is 3. The Morgan fingerprint density at radius 1 is 1.38 bits per heavy atom. The van der Waals surface area contributed by atoms with Gasteiger partial charge in [0.1, 0.15) is 5.01 Å². The van der Waals surface area contributed by atoms with E-state index in [0.29, 0.717) is 11.5 Å². The van der Waals surface area contributed by atoms with Gasteiger partial charge in [0.05, 0.1) is 5.69 Å². The lowest BCUT2D eigenvalue weighted by molar-refractivity contribution is 0.265. The molecular weight excluding hydrogens is 344 g/mol. The van der Waals surface area contributed by atoms with Gasteiger partial charge in [-0.1, -0.05) is 35.8 Å². The third-order valence-corrected chi connectivity index (χ3v) is 6.35. The predicted molar refractivity (Wildman–Crippen MR) is 93.9 cm³/mol. The van der Waals surface area contributed by atoms with Gasteiger partial charge in [0, 0.05) is 21.0 Å². The van der Waals surface area contributed by atoms with Gasteiger partial charge in [-0.25, -0.2) is 4.98 Å². The largest absolute Gasteiger partial charge is 0.312 e. The predicted octanol–water partition coefficient (Wildman–Crippen LogP) is 5.11. The summed E-state index contributed by atoms with van der Waals surface area (Å²) in [4.78, 5) is 6.37. The van der Waals surface area contributed by atoms with Gasteiger partial charge >= 0.3 is 0 Å². The summed E-state index contributed by atoms with van der Waals surface area (Å²) in [5.41, 5.74) is 4.09. The van der Waals surface area contributed by atoms with Gasteiger partial charge < -0.3 is 5.32 Å². The van der Waals surface area contributed by atoms with E-state index in [1.807, 2.05) is 11.3 Å². The summed E-state index contributed by atoms with van der Waals surface area (Å²) in [6.45, 7) is 6.80. The molecular formula is C17H21BrN2S. The van der Waals surface area contributed by atoms with Crippen molar-refractivity contribution in [2.75, 3.05) is 7.05 Å². The van der Waals surface area contributed by atoms with Crippen LogP contribution in [0.4, 0.5) is 0 Å². The SMILES string of the molecule is CNC1CC(C)(C)Cc2nc(-c3ccc(Br)c(C)c3)sc21. The fourth-order valence-electron chi connectivity index (χ4n) is 3.07. The van der Waals surface area contributed by atoms with Gasteiger partial charge in [0.2, 0.25) is 0 Å². The smallest absolute Gasteiger partial charge is 0.123 e. The van der Waals surface area contributed by atoms with Crippen molar-refractivity contribution in [3.63, 3.8) is 0 Å². The van der Waals surface area contributed by atoms with Crippen molar-refractivity contribution < 1.29 is 0 Å². The number of benzene rings is 1. The first-order valence-corrected chi connectivity index (χ1v) is 8.94. The van der Waals surface area contributed by atoms with E-state index in [1.165, 1.54) is 28.1 Å². The molecule has 1 unspecified atom stereocenters. The van der Waals surface area contributed by atoms with E-state index in [4.69, 9.17) is 4.98 Å². The van der Waals surface area contributed by atoms with E-state index >= 15 is 0 Å². The fourth-order valence-corrected chi connectivity index (χ4v) is 4.50. The van der Waals surface area contributed by atoms with Crippen molar-refractivity contribution in [2.45, 2.75) is 39.7 Å². The van der Waals surface area contributed by atoms with Crippen LogP contribution in [-0.2, 0) is 6.42 Å². The lowest BCUT2D eigenvalue weighted by Crippen LogP contribution is -2.30. The third kappa shape index (κ3) is 2.94. The molecule has 1 aromatic carbocycles. The van der Waals surface area contributed by atoms with E-state index in [0.717, 1.165) is 15.9 Å². The summed E-state index contributed by atoms with van der Waals surface area (Å²) in [6, 6.07) is 6.92. The van der Waals surface area contributed by atoms with Crippen molar-refractivity contribution >= 4 is 27.3 Å². The van der Waals surface area contributed by atoms with Gasteiger partial charge in [0.15, 0.2) is 0 Å². The van der Waals surface area contributed by atoms with E-state index in [2.05, 4.69) is 67.3 Å². The second-order valence-corrected chi connectivity index (χ2v) is 8.57. The first kappa shape index (κ1) is 15.2. The Balaban J connectivity index is 2.04. The average Bonchev–Trinajstić information content (AvgIpc) is 2.83. The second-order valence-electron chi connectivity index (χ2n) is 6.68. The van der Waals surface area contributed by atoms with E-state index < -0.39 is 0 Å². The number of fused-ring (bicyclic) bond motifs is 1. The van der Waals surface area contributed by atoms with E-state index in [9.17, 15) is 0 Å². The highest BCUT2D eigenvalue weighted by atomic mass is 79.9. The Labute approximate surface area is 139 Å². The Bertz CT molecular complexity index is 675. The molecule has 0 saturated carbocycles. The molecule has 1 aliphatic rings. The van der Waals surface area contributed by atoms with Crippen LogP contribution in [-0.4, -0.2) is 12.0 Å². The normalized spacial score (nSPS) is 20.3. The van der Waals surface area contributed by atoms with Crippen LogP contribution in [0.2, 0.25) is 0 Å². The van der Waals surface area contributed by atoms with Crippen LogP contribution in [0.15, 0.2) is 22.7 Å². The lowest BCUT2D eigenvalue weighted by atomic mass is 9.76. The lowest BCUT2D eigenvalue weighted by Gasteiger charge is -2.34. The summed E-state index contributed by atoms with van der Waals surface area (Å²) in [5, 5.41) is 4.61. The minimum atomic E-state index is 0.321. The Morgan fingerprint density at radius 3 is 2.81 bits per heavy atom. The van der Waals surface area contributed by atoms with E-state index in [1.54, 1.807) is 0 Å². The number of halogens is 1. The molecule has 4 heteroatoms. The number of thiazole rings is 1. The van der Waals surface area contributed by atoms with Gasteiger partial charge in [-0.15, -0.1) is 11.3 Å². The highest BCUT2D eigenvalue weighted by Crippen LogP contribution is 2.44. The molecule has 0 spiro atoms. The van der Waals surface area contributed by atoms with Crippen molar-refractivity contribution in [3.05, 3.63) is 38.8 Å². The first-order valence-electron chi connectivity index (χ1n) is 7.33. The molecule has 1 atom stereocenters. The number of aromatic nitrogens is 1. The molecule has 0 saturated heterocycles. The zero-order valence-corrected chi connectivity index (χ0v) is 15.4. The van der Waals surface area contributed by atoms with Crippen LogP contribution < -0.4 is 5.32 Å². The van der Waals surface area contributed by atoms with Crippen molar-refractivity contribution in [1.29, 1.82) is 0 Å². The summed E-state index contributed by atoms with van der Waals surface area (Å²) in [7, 11) is 2.05. The molecule has 112 valence electrons. The van der Waals surface area contributed by atoms with Crippen LogP contribution in [0.1, 0.15) is 42.4 Å². The number of rotatable bonds is 2. The summed E-state index contributed by atoms with van der Waals surface area (Å²) < 4.78 is 1.15. The molecule has 0 fully saturated rings. The van der Waals surface area contributed by atoms with Crippen molar-refractivity contribution in [3.8, 4) is 10.6 Å². The number of aryl methyl sites for hydroxylation is 1. The molecule has 1 N–H and O–H groups in total. The Kier molecular flexibility index (Phi) is 3.97. The monoisotopic (exact) mass is 364 g/mol. The molecule has 3 rings (SSSR count). The quantitative estimate of drug-likeness (QED) is 0.800. The van der Waals surface area contributed by atoms with Gasteiger partial charge in [-0.3, -0.25) is 0 Å². The zero-order valence-electron chi connectivity index (χ0n) is 13.0. The molecule has 0 radical (unpaired) electrons. The van der Waals surface area contributed by atoms with Gasteiger partial charge in [0.25, 0.3) is 0 Å². The highest BCUT2D eigenvalue weighted by molar-refractivity contribution is 9.10. The maximum Gasteiger partial charge on any atom is 0.123 e. The molecule has 0 amide bonds. The first-order chi connectivity index (χ1) is 9.89. The molecule has 0 bridgehead atoms. The average molecular weight is 365 g/mol. The fraction of sp³-hybridized carbons (Fsp3) is 0.471. The van der Waals surface area contributed by atoms with Crippen molar-refractivity contribution in [1.82, 2.24) is 10.3 Å².